The van der Waals surface area contributed by atoms with Gasteiger partial charge >= 0.3 is 12.2 Å². The van der Waals surface area contributed by atoms with E-state index in [0.29, 0.717) is 102 Å². The van der Waals surface area contributed by atoms with Gasteiger partial charge in [0.15, 0.2) is 0 Å². The first kappa shape index (κ1) is 98.9. The Labute approximate surface area is 662 Å². The highest BCUT2D eigenvalue weighted by Gasteiger charge is 2.47. The van der Waals surface area contributed by atoms with E-state index in [0.717, 1.165) is 142 Å². The third-order valence-electron chi connectivity index (χ3n) is 24.7. The predicted molar refractivity (Wildman–Crippen MR) is 446 cm³/mol. The number of amides is 5. The second kappa shape index (κ2) is 66.0. The fourth-order valence-electron chi connectivity index (χ4n) is 17.0. The molecule has 0 bridgehead atoms. The topological polar surface area (TPSA) is 253 Å². The molecule has 3 rings (SSSR count). The van der Waals surface area contributed by atoms with Gasteiger partial charge in [-0.2, -0.15) is 0 Å². The monoisotopic (exact) mass is 1530 g/mol. The van der Waals surface area contributed by atoms with Crippen LogP contribution in [0.15, 0.2) is 0 Å². The lowest BCUT2D eigenvalue weighted by atomic mass is 9.61. The zero-order chi connectivity index (χ0) is 78.2. The highest BCUT2D eigenvalue weighted by molar-refractivity contribution is 5.76. The van der Waals surface area contributed by atoms with E-state index in [9.17, 15) is 24.0 Å². The van der Waals surface area contributed by atoms with Gasteiger partial charge in [-0.1, -0.05) is 266 Å². The molecule has 0 radical (unpaired) electrons. The number of nitrogens with one attached hydrogen (secondary N) is 5. The van der Waals surface area contributed by atoms with Crippen LogP contribution in [0.1, 0.15) is 408 Å². The summed E-state index contributed by atoms with van der Waals surface area (Å²) in [5.74, 6) is 1.39. The highest BCUT2D eigenvalue weighted by Crippen LogP contribution is 2.46. The lowest BCUT2D eigenvalue weighted by Crippen LogP contribution is -2.60. The largest absolute Gasteiger partial charge is 0.447 e. The van der Waals surface area contributed by atoms with E-state index in [1.165, 1.54) is 199 Å². The molecule has 11 atom stereocenters. The van der Waals surface area contributed by atoms with Gasteiger partial charge in [-0.15, -0.1) is 0 Å². The van der Waals surface area contributed by atoms with Gasteiger partial charge in [0.25, 0.3) is 0 Å². The van der Waals surface area contributed by atoms with E-state index in [4.69, 9.17) is 39.9 Å². The Kier molecular flexibility index (Phi) is 60.5. The molecule has 0 aromatic carbocycles. The molecule has 11 unspecified atom stereocenters. The maximum Gasteiger partial charge on any atom is 0.407 e. The lowest BCUT2D eigenvalue weighted by Gasteiger charge is -2.50. The summed E-state index contributed by atoms with van der Waals surface area (Å²) < 4.78 is 37.7. The van der Waals surface area contributed by atoms with Crippen molar-refractivity contribution >= 4 is 29.9 Å². The normalized spacial score (nSPS) is 20.4. The van der Waals surface area contributed by atoms with E-state index in [2.05, 4.69) is 75.1 Å². The molecule has 634 valence electrons. The fraction of sp³-hybridized carbons (Fsp3) is 0.944. The lowest BCUT2D eigenvalue weighted by molar-refractivity contribution is -0.123. The summed E-state index contributed by atoms with van der Waals surface area (Å²) in [5.41, 5.74) is 11.8. The van der Waals surface area contributed by atoms with Crippen molar-refractivity contribution in [2.24, 2.45) is 41.1 Å². The van der Waals surface area contributed by atoms with Crippen molar-refractivity contribution in [2.45, 2.75) is 444 Å². The Morgan fingerprint density at radius 3 is 1.39 bits per heavy atom. The molecule has 0 spiro atoms. The Hall–Kier alpha value is -3.29. The van der Waals surface area contributed by atoms with Crippen LogP contribution in [0.25, 0.3) is 0 Å². The van der Waals surface area contributed by atoms with Crippen LogP contribution in [0.2, 0.25) is 0 Å². The number of hydrogen-bond acceptors (Lipinski definition) is 13. The number of rotatable bonds is 72. The number of unbranched alkanes of at least 4 members (excludes halogenated alkanes) is 35. The zero-order valence-electron chi connectivity index (χ0n) is 71.2. The summed E-state index contributed by atoms with van der Waals surface area (Å²) in [5, 5.41) is 16.0. The van der Waals surface area contributed by atoms with Gasteiger partial charge in [0, 0.05) is 82.6 Å². The number of carbonyl (C=O) groups is 5. The van der Waals surface area contributed by atoms with E-state index in [1.54, 1.807) is 0 Å². The van der Waals surface area contributed by atoms with Crippen LogP contribution in [0.5, 0.6) is 0 Å². The van der Waals surface area contributed by atoms with E-state index < -0.39 is 17.3 Å². The van der Waals surface area contributed by atoms with Gasteiger partial charge in [0.1, 0.15) is 12.7 Å². The van der Waals surface area contributed by atoms with Crippen molar-refractivity contribution < 1.29 is 52.4 Å². The molecule has 9 N–H and O–H groups in total. The Morgan fingerprint density at radius 1 is 0.426 bits per heavy atom. The molecule has 108 heavy (non-hydrogen) atoms. The maximum atomic E-state index is 13.5. The van der Waals surface area contributed by atoms with Crippen molar-refractivity contribution in [1.29, 1.82) is 0 Å². The second-order valence-electron chi connectivity index (χ2n) is 34.1. The summed E-state index contributed by atoms with van der Waals surface area (Å²) in [6, 6.07) is 0.264. The minimum atomic E-state index is -0.427. The quantitative estimate of drug-likeness (QED) is 0.0280. The average molecular weight is 1530 g/mol. The third-order valence-corrected chi connectivity index (χ3v) is 24.7. The maximum absolute atomic E-state index is 13.5. The van der Waals surface area contributed by atoms with Gasteiger partial charge in [-0.25, -0.2) is 9.59 Å². The molecule has 0 saturated heterocycles. The van der Waals surface area contributed by atoms with Crippen LogP contribution in [0.3, 0.4) is 0 Å². The SMILES string of the molecule is CCCCCCCCCCCCCCCCCCOCC(C)C(COC(=O)NCCCCCC(=O)NCCC(C)(CC)OCCC(C)(CC)OCCNC(=O)CCCCCNC(=O)OC1CC2CCCCC2C(N)C(NCCCCCC(N)=O)C2CCCCC12)OCCCCCCCCCCCCCCCCC. The Bertz CT molecular complexity index is 2180. The van der Waals surface area contributed by atoms with Crippen molar-refractivity contribution in [1.82, 2.24) is 26.6 Å². The van der Waals surface area contributed by atoms with Crippen LogP contribution in [-0.2, 0) is 42.8 Å². The summed E-state index contributed by atoms with van der Waals surface area (Å²) in [6.07, 6.45) is 62.1. The zero-order valence-corrected chi connectivity index (χ0v) is 71.2. The highest BCUT2D eigenvalue weighted by atomic mass is 16.6. The van der Waals surface area contributed by atoms with Gasteiger partial charge in [-0.3, -0.25) is 14.4 Å². The van der Waals surface area contributed by atoms with E-state index in [-0.39, 0.29) is 66.5 Å². The van der Waals surface area contributed by atoms with Crippen LogP contribution in [0.4, 0.5) is 9.59 Å². The number of primary amides is 1. The summed E-state index contributed by atoms with van der Waals surface area (Å²) >= 11 is 0. The van der Waals surface area contributed by atoms with Crippen LogP contribution in [-0.4, -0.2) is 138 Å². The van der Waals surface area contributed by atoms with Gasteiger partial charge < -0.3 is 66.5 Å². The van der Waals surface area contributed by atoms with Gasteiger partial charge in [0.05, 0.1) is 37.1 Å². The molecule has 3 aliphatic rings. The molecule has 18 nitrogen and oxygen atoms in total. The van der Waals surface area contributed by atoms with Crippen molar-refractivity contribution in [3.05, 3.63) is 0 Å². The molecule has 0 heterocycles. The number of ether oxygens (including phenoxy) is 6. The summed E-state index contributed by atoms with van der Waals surface area (Å²) in [7, 11) is 0. The molecule has 0 aliphatic heterocycles. The minimum absolute atomic E-state index is 0.0000796. The first-order valence-corrected chi connectivity index (χ1v) is 46.2. The second-order valence-corrected chi connectivity index (χ2v) is 34.1. The average Bonchev–Trinajstić information content (AvgIpc) is 0.778. The number of nitrogens with two attached hydrogens (primary N) is 2. The molecule has 3 aliphatic carbocycles. The number of fused-ring (bicyclic) bond motifs is 2. The van der Waals surface area contributed by atoms with Crippen LogP contribution < -0.4 is 38.1 Å². The summed E-state index contributed by atoms with van der Waals surface area (Å²) in [6.45, 7) is 21.1. The van der Waals surface area contributed by atoms with Crippen LogP contribution >= 0.6 is 0 Å². The standard InChI is InChI=1S/C90H173N7O11/c1-8-12-14-16-18-20-22-24-26-28-29-31-33-35-37-52-68-103-73-75(5)81(104-69-53-38-36-34-32-30-27-25-23-21-19-17-15-13-9-2)74-105-87(101)96-64-50-40-43-59-83(99)93-66-61-89(6,10-3)106-70-62-90(7,11-4)107-71-67-94-84(100)60-44-41-51-65-97-88(102)108-80-72-76-54-45-46-55-77(76)85(92)86(79-57-48-47-56-78(79)80)95-63-49-39-42-58-82(91)98/h75-81,85-86,95H,8-74,92H2,1-7H3,(H2,91,98)(H,93,99)(H,94,100)(H,96,101)(H,97,102). The molecule has 3 fully saturated rings. The van der Waals surface area contributed by atoms with Gasteiger partial charge in [-0.05, 0) is 147 Å². The van der Waals surface area contributed by atoms with Crippen molar-refractivity contribution in [3.8, 4) is 0 Å². The fourth-order valence-corrected chi connectivity index (χ4v) is 17.0. The van der Waals surface area contributed by atoms with E-state index >= 15 is 0 Å². The summed E-state index contributed by atoms with van der Waals surface area (Å²) in [4.78, 5) is 63.4. The first-order chi connectivity index (χ1) is 52.6. The Morgan fingerprint density at radius 2 is 0.861 bits per heavy atom. The molecule has 18 heteroatoms. The minimum Gasteiger partial charge on any atom is -0.447 e. The van der Waals surface area contributed by atoms with Crippen molar-refractivity contribution in [3.63, 3.8) is 0 Å². The number of alkyl carbamates (subject to hydrolysis) is 2. The van der Waals surface area contributed by atoms with Crippen LogP contribution in [0, 0.1) is 29.6 Å². The molecule has 3 saturated carbocycles. The molecular formula is C90H173N7O11. The Balaban J connectivity index is 1.25. The van der Waals surface area contributed by atoms with E-state index in [1.807, 2.05) is 0 Å². The number of carbonyl (C=O) groups excluding carboxylic acids is 5. The predicted octanol–water partition coefficient (Wildman–Crippen LogP) is 20.8. The third kappa shape index (κ3) is 50.0. The smallest absolute Gasteiger partial charge is 0.407 e. The number of hydrogen-bond donors (Lipinski definition) is 7. The first-order valence-electron chi connectivity index (χ1n) is 46.2. The molecule has 0 aromatic rings. The van der Waals surface area contributed by atoms with Gasteiger partial charge in [0.2, 0.25) is 17.7 Å². The van der Waals surface area contributed by atoms with Crippen molar-refractivity contribution in [2.75, 3.05) is 72.4 Å². The molecule has 5 amide bonds. The molecular weight excluding hydrogens is 1360 g/mol. The molecule has 0 aromatic heterocycles.